The summed E-state index contributed by atoms with van der Waals surface area (Å²) in [5, 5.41) is 8.91. The fourth-order valence-electron chi connectivity index (χ4n) is 3.27. The van der Waals surface area contributed by atoms with Crippen LogP contribution in [0.2, 0.25) is 0 Å². The average molecular weight is 444 g/mol. The molecule has 0 spiro atoms. The molecule has 3 rings (SSSR count). The number of hydrogen-bond acceptors (Lipinski definition) is 6. The van der Waals surface area contributed by atoms with Gasteiger partial charge < -0.3 is 5.73 Å². The van der Waals surface area contributed by atoms with E-state index in [1.807, 2.05) is 6.07 Å². The number of hydrogen-bond donors (Lipinski definition) is 1. The number of aromatic nitrogens is 1. The highest BCUT2D eigenvalue weighted by atomic mass is 32.2. The van der Waals surface area contributed by atoms with Gasteiger partial charge in [-0.25, -0.2) is 13.2 Å². The Hall–Kier alpha value is -3.12. The van der Waals surface area contributed by atoms with Crippen LogP contribution in [0.5, 0.6) is 0 Å². The Morgan fingerprint density at radius 2 is 2.10 bits per heavy atom. The smallest absolute Gasteiger partial charge is 0.260 e. The summed E-state index contributed by atoms with van der Waals surface area (Å²) in [5.74, 6) is -0.865. The maximum atomic E-state index is 14.7. The van der Waals surface area contributed by atoms with E-state index < -0.39 is 17.8 Å². The van der Waals surface area contributed by atoms with Gasteiger partial charge in [-0.15, -0.1) is 0 Å². The average Bonchev–Trinajstić information content (AvgIpc) is 2.73. The summed E-state index contributed by atoms with van der Waals surface area (Å²) in [6.45, 7) is 2.95. The SMILES string of the molecule is C/C(=C1\C[C@@](C)(c2cc(CC(=O)c3ccc(C#N)cn3)ccc2F)N=C(N)S1)C(F)F. The lowest BCUT2D eigenvalue weighted by Gasteiger charge is -2.32. The normalized spacial score (nSPS) is 20.2. The molecular weight excluding hydrogens is 425 g/mol. The number of nitrogens with two attached hydrogens (primary N) is 1. The Balaban J connectivity index is 1.93. The van der Waals surface area contributed by atoms with Crippen LogP contribution >= 0.6 is 11.8 Å². The van der Waals surface area contributed by atoms with Gasteiger partial charge in [0.2, 0.25) is 0 Å². The number of amidine groups is 1. The van der Waals surface area contributed by atoms with E-state index in [0.717, 1.165) is 11.8 Å². The first kappa shape index (κ1) is 22.6. The third-order valence-corrected chi connectivity index (χ3v) is 6.02. The molecule has 2 heterocycles. The summed E-state index contributed by atoms with van der Waals surface area (Å²) in [7, 11) is 0. The summed E-state index contributed by atoms with van der Waals surface area (Å²) in [6, 6.07) is 9.10. The van der Waals surface area contributed by atoms with Crippen LogP contribution < -0.4 is 5.73 Å². The summed E-state index contributed by atoms with van der Waals surface area (Å²) >= 11 is 0.960. The molecule has 0 bridgehead atoms. The molecule has 0 saturated carbocycles. The fraction of sp³-hybridized carbons (Fsp3) is 0.273. The van der Waals surface area contributed by atoms with E-state index in [-0.39, 0.29) is 40.6 Å². The fourth-order valence-corrected chi connectivity index (χ4v) is 4.38. The monoisotopic (exact) mass is 444 g/mol. The lowest BCUT2D eigenvalue weighted by Crippen LogP contribution is -2.30. The van der Waals surface area contributed by atoms with Gasteiger partial charge in [-0.2, -0.15) is 5.26 Å². The van der Waals surface area contributed by atoms with Gasteiger partial charge in [-0.3, -0.25) is 14.8 Å². The molecule has 31 heavy (non-hydrogen) atoms. The molecule has 1 aliphatic heterocycles. The second-order valence-corrected chi connectivity index (χ2v) is 8.48. The van der Waals surface area contributed by atoms with Gasteiger partial charge in [-0.05, 0) is 43.7 Å². The van der Waals surface area contributed by atoms with E-state index in [1.54, 1.807) is 6.92 Å². The molecule has 1 atom stereocenters. The molecule has 2 N–H and O–H groups in total. The van der Waals surface area contributed by atoms with Gasteiger partial charge in [0.1, 0.15) is 17.6 Å². The number of allylic oxidation sites excluding steroid dienone is 1. The van der Waals surface area contributed by atoms with E-state index >= 15 is 0 Å². The van der Waals surface area contributed by atoms with Crippen LogP contribution in [0.1, 0.15) is 47.4 Å². The molecule has 1 aliphatic rings. The maximum absolute atomic E-state index is 14.7. The third kappa shape index (κ3) is 4.97. The van der Waals surface area contributed by atoms with E-state index in [2.05, 4.69) is 9.98 Å². The lowest BCUT2D eigenvalue weighted by atomic mass is 9.86. The molecule has 0 aliphatic carbocycles. The number of ketones is 1. The maximum Gasteiger partial charge on any atom is 0.260 e. The number of halogens is 3. The number of rotatable bonds is 5. The minimum atomic E-state index is -2.65. The molecule has 160 valence electrons. The second-order valence-electron chi connectivity index (χ2n) is 7.37. The predicted octanol–water partition coefficient (Wildman–Crippen LogP) is 4.72. The summed E-state index contributed by atoms with van der Waals surface area (Å²) < 4.78 is 41.2. The number of thioether (sulfide) groups is 1. The van der Waals surface area contributed by atoms with Crippen LogP contribution in [0.15, 0.2) is 52.0 Å². The van der Waals surface area contributed by atoms with Crippen molar-refractivity contribution in [2.24, 2.45) is 10.7 Å². The number of aliphatic imine (C=N–C) groups is 1. The Morgan fingerprint density at radius 1 is 1.35 bits per heavy atom. The van der Waals surface area contributed by atoms with Gasteiger partial charge in [0.05, 0.1) is 11.1 Å². The number of alkyl halides is 2. The zero-order chi connectivity index (χ0) is 22.8. The highest BCUT2D eigenvalue weighted by Gasteiger charge is 2.36. The Labute approximate surface area is 181 Å². The summed E-state index contributed by atoms with van der Waals surface area (Å²) in [6.07, 6.45) is -1.32. The molecule has 1 aromatic carbocycles. The minimum absolute atomic E-state index is 0.0467. The highest BCUT2D eigenvalue weighted by Crippen LogP contribution is 2.44. The number of pyridine rings is 1. The molecule has 1 aromatic heterocycles. The van der Waals surface area contributed by atoms with Crippen LogP contribution in [-0.2, 0) is 12.0 Å². The first-order valence-corrected chi connectivity index (χ1v) is 10.1. The van der Waals surface area contributed by atoms with Crippen LogP contribution in [0.25, 0.3) is 0 Å². The first-order chi connectivity index (χ1) is 14.6. The van der Waals surface area contributed by atoms with Crippen molar-refractivity contribution in [1.82, 2.24) is 4.98 Å². The summed E-state index contributed by atoms with van der Waals surface area (Å²) in [4.78, 5) is 21.2. The third-order valence-electron chi connectivity index (χ3n) is 5.01. The van der Waals surface area contributed by atoms with Crippen molar-refractivity contribution in [3.8, 4) is 6.07 Å². The molecular formula is C22H19F3N4OS. The quantitative estimate of drug-likeness (QED) is 0.674. The van der Waals surface area contributed by atoms with Crippen molar-refractivity contribution in [1.29, 1.82) is 5.26 Å². The summed E-state index contributed by atoms with van der Waals surface area (Å²) in [5.41, 5.74) is 5.79. The van der Waals surface area contributed by atoms with E-state index in [0.29, 0.717) is 16.0 Å². The number of benzene rings is 1. The van der Waals surface area contributed by atoms with Gasteiger partial charge in [0, 0.05) is 35.1 Å². The van der Waals surface area contributed by atoms with E-state index in [4.69, 9.17) is 11.0 Å². The molecule has 0 saturated heterocycles. The zero-order valence-corrected chi connectivity index (χ0v) is 17.6. The highest BCUT2D eigenvalue weighted by molar-refractivity contribution is 8.17. The van der Waals surface area contributed by atoms with Crippen LogP contribution in [0, 0.1) is 17.1 Å². The van der Waals surface area contributed by atoms with Crippen LogP contribution in [-0.4, -0.2) is 22.4 Å². The molecule has 5 nitrogen and oxygen atoms in total. The topological polar surface area (TPSA) is 92.1 Å². The Kier molecular flexibility index (Phi) is 6.51. The molecule has 0 amide bonds. The largest absolute Gasteiger partial charge is 0.378 e. The second kappa shape index (κ2) is 8.94. The number of Topliss-reactive ketones (excluding diaryl/α,β-unsaturated/α-hetero) is 1. The molecule has 0 unspecified atom stereocenters. The van der Waals surface area contributed by atoms with Gasteiger partial charge in [0.15, 0.2) is 11.0 Å². The lowest BCUT2D eigenvalue weighted by molar-refractivity contribution is 0.0988. The van der Waals surface area contributed by atoms with Crippen molar-refractivity contribution >= 4 is 22.7 Å². The van der Waals surface area contributed by atoms with Crippen molar-refractivity contribution in [2.75, 3.05) is 0 Å². The van der Waals surface area contributed by atoms with Crippen LogP contribution in [0.4, 0.5) is 13.2 Å². The number of carbonyl (C=O) groups excluding carboxylic acids is 1. The molecule has 9 heteroatoms. The van der Waals surface area contributed by atoms with Gasteiger partial charge in [0.25, 0.3) is 6.43 Å². The Morgan fingerprint density at radius 3 is 2.71 bits per heavy atom. The predicted molar refractivity (Wildman–Crippen MR) is 113 cm³/mol. The number of nitrogens with zero attached hydrogens (tertiary/aromatic N) is 3. The van der Waals surface area contributed by atoms with E-state index in [9.17, 15) is 18.0 Å². The molecule has 0 fully saturated rings. The van der Waals surface area contributed by atoms with Crippen molar-refractivity contribution in [2.45, 2.75) is 38.7 Å². The van der Waals surface area contributed by atoms with Gasteiger partial charge >= 0.3 is 0 Å². The number of nitriles is 1. The standard InChI is InChI=1S/C22H19F3N4OS/c1-12(20(24)25)19-9-22(2,29-21(27)31-19)15-7-13(3-5-16(15)23)8-18(30)17-6-4-14(10-26)11-28-17/h3-7,11,20H,8-9H2,1-2H3,(H2,27,29)/b19-12-/t22-/m0/s1. The van der Waals surface area contributed by atoms with E-state index in [1.165, 1.54) is 43.5 Å². The van der Waals surface area contributed by atoms with Crippen LogP contribution in [0.3, 0.4) is 0 Å². The minimum Gasteiger partial charge on any atom is -0.378 e. The number of carbonyl (C=O) groups is 1. The molecule has 0 radical (unpaired) electrons. The van der Waals surface area contributed by atoms with Crippen molar-refractivity contribution in [3.63, 3.8) is 0 Å². The first-order valence-electron chi connectivity index (χ1n) is 9.32. The van der Waals surface area contributed by atoms with Crippen molar-refractivity contribution in [3.05, 3.63) is 75.2 Å². The Bertz CT molecular complexity index is 1120. The van der Waals surface area contributed by atoms with Gasteiger partial charge in [-0.1, -0.05) is 17.8 Å². The zero-order valence-electron chi connectivity index (χ0n) is 16.8. The van der Waals surface area contributed by atoms with Crippen molar-refractivity contribution < 1.29 is 18.0 Å². The molecule has 2 aromatic rings.